The Morgan fingerprint density at radius 3 is 2.00 bits per heavy atom. The lowest BCUT2D eigenvalue weighted by Gasteiger charge is -2.25. The van der Waals surface area contributed by atoms with Crippen LogP contribution in [0.1, 0.15) is 0 Å². The Morgan fingerprint density at radius 1 is 0.471 bits per heavy atom. The summed E-state index contributed by atoms with van der Waals surface area (Å²) >= 11 is 0. The standard InChI is InChI=1S/C43H25N5O3/c1-2-9-27(10-3-1)47(29-17-19-32-33-13-8-22-44-42(33)50-40(32)25-29)28-18-21-38-35(24-28)45-41(49-38)26-16-20-39-34(23-26)46-43(51-39)48-36-14-6-4-11-30(36)31-12-5-7-15-37(31)48/h1-25H. The number of pyridine rings is 1. The van der Waals surface area contributed by atoms with E-state index >= 15 is 0 Å². The molecule has 0 N–H and O–H groups in total. The first-order chi connectivity index (χ1) is 25.2. The number of aromatic nitrogens is 4. The molecule has 8 heteroatoms. The normalized spacial score (nSPS) is 11.9. The summed E-state index contributed by atoms with van der Waals surface area (Å²) in [5.74, 6) is 0.507. The molecule has 0 aliphatic rings. The highest BCUT2D eigenvalue weighted by atomic mass is 16.4. The quantitative estimate of drug-likeness (QED) is 0.182. The van der Waals surface area contributed by atoms with Crippen molar-refractivity contribution < 1.29 is 13.3 Å². The van der Waals surface area contributed by atoms with Gasteiger partial charge in [0.2, 0.25) is 11.6 Å². The SMILES string of the molecule is c1ccc(N(c2ccc3oc(-c4ccc5oc(-n6c7ccccc7c7ccccc76)nc5c4)nc3c2)c2ccc3c(c2)oc2ncccc23)cc1. The first kappa shape index (κ1) is 27.7. The number of benzene rings is 6. The van der Waals surface area contributed by atoms with Crippen molar-refractivity contribution in [1.29, 1.82) is 0 Å². The minimum Gasteiger partial charge on any atom is -0.438 e. The van der Waals surface area contributed by atoms with Crippen LogP contribution in [0.25, 0.3) is 83.5 Å². The smallest absolute Gasteiger partial charge is 0.307 e. The fraction of sp³-hybridized carbons (Fsp3) is 0. The highest BCUT2D eigenvalue weighted by Crippen LogP contribution is 2.40. The van der Waals surface area contributed by atoms with Crippen LogP contribution in [0.4, 0.5) is 17.1 Å². The Kier molecular flexibility index (Phi) is 5.79. The molecular weight excluding hydrogens is 635 g/mol. The molecule has 0 spiro atoms. The van der Waals surface area contributed by atoms with Gasteiger partial charge in [-0.25, -0.2) is 9.97 Å². The predicted molar refractivity (Wildman–Crippen MR) is 201 cm³/mol. The zero-order valence-corrected chi connectivity index (χ0v) is 26.9. The number of fused-ring (bicyclic) bond motifs is 8. The van der Waals surface area contributed by atoms with Gasteiger partial charge in [-0.3, -0.25) is 4.57 Å². The molecule has 0 fully saturated rings. The van der Waals surface area contributed by atoms with Gasteiger partial charge in [-0.1, -0.05) is 54.6 Å². The average Bonchev–Trinajstić information content (AvgIpc) is 3.96. The summed E-state index contributed by atoms with van der Waals surface area (Å²) in [4.78, 5) is 16.5. The second-order valence-corrected chi connectivity index (χ2v) is 12.5. The third-order valence-electron chi connectivity index (χ3n) is 9.53. The van der Waals surface area contributed by atoms with E-state index in [4.69, 9.17) is 23.2 Å². The third kappa shape index (κ3) is 4.30. The highest BCUT2D eigenvalue weighted by molar-refractivity contribution is 6.09. The van der Waals surface area contributed by atoms with E-state index in [9.17, 15) is 0 Å². The molecule has 6 aromatic carbocycles. The van der Waals surface area contributed by atoms with Crippen LogP contribution in [0.5, 0.6) is 0 Å². The van der Waals surface area contributed by atoms with Gasteiger partial charge in [0.05, 0.1) is 11.0 Å². The summed E-state index contributed by atoms with van der Waals surface area (Å²) in [5.41, 5.74) is 10.0. The van der Waals surface area contributed by atoms with Gasteiger partial charge in [0.15, 0.2) is 11.2 Å². The monoisotopic (exact) mass is 659 g/mol. The number of furan rings is 1. The molecule has 240 valence electrons. The van der Waals surface area contributed by atoms with Crippen LogP contribution in [-0.2, 0) is 0 Å². The predicted octanol–water partition coefficient (Wildman–Crippen LogP) is 11.5. The van der Waals surface area contributed by atoms with Gasteiger partial charge in [-0.15, -0.1) is 0 Å². The molecule has 0 unspecified atom stereocenters. The van der Waals surface area contributed by atoms with Gasteiger partial charge < -0.3 is 18.2 Å². The topological polar surface area (TPSA) is 86.3 Å². The van der Waals surface area contributed by atoms with E-state index < -0.39 is 0 Å². The summed E-state index contributed by atoms with van der Waals surface area (Å²) in [6, 6.07) is 49.5. The number of rotatable bonds is 5. The Morgan fingerprint density at radius 2 is 1.16 bits per heavy atom. The van der Waals surface area contributed by atoms with Gasteiger partial charge in [-0.2, -0.15) is 4.98 Å². The maximum absolute atomic E-state index is 6.33. The molecule has 0 atom stereocenters. The van der Waals surface area contributed by atoms with Crippen molar-refractivity contribution in [1.82, 2.24) is 19.5 Å². The number of oxazole rings is 2. The molecule has 0 saturated carbocycles. The minimum atomic E-state index is 0.507. The van der Waals surface area contributed by atoms with Crippen LogP contribution in [0.15, 0.2) is 165 Å². The number of nitrogens with zero attached hydrogens (tertiary/aromatic N) is 5. The van der Waals surface area contributed by atoms with Crippen LogP contribution in [0, 0.1) is 0 Å². The van der Waals surface area contributed by atoms with Gasteiger partial charge in [0, 0.05) is 56.4 Å². The van der Waals surface area contributed by atoms with Gasteiger partial charge in [0.1, 0.15) is 16.6 Å². The molecule has 0 aliphatic heterocycles. The van der Waals surface area contributed by atoms with Crippen LogP contribution in [0.2, 0.25) is 0 Å². The zero-order chi connectivity index (χ0) is 33.5. The van der Waals surface area contributed by atoms with E-state index in [-0.39, 0.29) is 0 Å². The first-order valence-electron chi connectivity index (χ1n) is 16.7. The second-order valence-electron chi connectivity index (χ2n) is 12.5. The van der Waals surface area contributed by atoms with Crippen molar-refractivity contribution in [2.75, 3.05) is 4.90 Å². The van der Waals surface area contributed by atoms with E-state index in [0.29, 0.717) is 28.8 Å². The summed E-state index contributed by atoms with van der Waals surface area (Å²) < 4.78 is 20.9. The van der Waals surface area contributed by atoms with Gasteiger partial charge >= 0.3 is 6.01 Å². The fourth-order valence-corrected chi connectivity index (χ4v) is 7.21. The van der Waals surface area contributed by atoms with Crippen molar-refractivity contribution in [2.24, 2.45) is 0 Å². The van der Waals surface area contributed by atoms with Crippen LogP contribution in [0.3, 0.4) is 0 Å². The van der Waals surface area contributed by atoms with Crippen LogP contribution >= 0.6 is 0 Å². The zero-order valence-electron chi connectivity index (χ0n) is 26.9. The maximum atomic E-state index is 6.33. The number of para-hydroxylation sites is 3. The Balaban J connectivity index is 0.992. The molecule has 0 saturated heterocycles. The number of hydrogen-bond acceptors (Lipinski definition) is 7. The fourth-order valence-electron chi connectivity index (χ4n) is 7.21. The molecule has 51 heavy (non-hydrogen) atoms. The van der Waals surface area contributed by atoms with E-state index in [1.807, 2.05) is 72.8 Å². The lowest BCUT2D eigenvalue weighted by molar-refractivity contribution is 0.574. The van der Waals surface area contributed by atoms with Crippen LogP contribution in [-0.4, -0.2) is 19.5 Å². The molecule has 5 heterocycles. The second kappa shape index (κ2) is 10.7. The molecular formula is C43H25N5O3. The number of hydrogen-bond donors (Lipinski definition) is 0. The van der Waals surface area contributed by atoms with Crippen molar-refractivity contribution in [3.05, 3.63) is 152 Å². The largest absolute Gasteiger partial charge is 0.438 e. The maximum Gasteiger partial charge on any atom is 0.307 e. The van der Waals surface area contributed by atoms with Crippen molar-refractivity contribution in [3.8, 4) is 17.5 Å². The summed E-state index contributed by atoms with van der Waals surface area (Å²) in [5, 5.41) is 4.33. The van der Waals surface area contributed by atoms with Gasteiger partial charge in [-0.05, 0) is 84.9 Å². The van der Waals surface area contributed by atoms with Crippen LogP contribution < -0.4 is 4.90 Å². The number of anilines is 3. The third-order valence-corrected chi connectivity index (χ3v) is 9.53. The minimum absolute atomic E-state index is 0.507. The molecule has 8 nitrogen and oxygen atoms in total. The van der Waals surface area contributed by atoms with Crippen molar-refractivity contribution in [2.45, 2.75) is 0 Å². The highest BCUT2D eigenvalue weighted by Gasteiger charge is 2.20. The molecule has 5 aromatic heterocycles. The summed E-state index contributed by atoms with van der Waals surface area (Å²) in [6.45, 7) is 0. The molecule has 0 radical (unpaired) electrons. The van der Waals surface area contributed by atoms with E-state index in [1.165, 1.54) is 0 Å². The molecule has 0 bridgehead atoms. The summed E-state index contributed by atoms with van der Waals surface area (Å²) in [6.07, 6.45) is 1.75. The van der Waals surface area contributed by atoms with E-state index in [0.717, 1.165) is 71.8 Å². The molecule has 11 rings (SSSR count). The van der Waals surface area contributed by atoms with Crippen molar-refractivity contribution >= 4 is 83.1 Å². The molecule has 0 amide bonds. The lowest BCUT2D eigenvalue weighted by atomic mass is 10.1. The van der Waals surface area contributed by atoms with E-state index in [2.05, 4.69) is 87.2 Å². The van der Waals surface area contributed by atoms with E-state index in [1.54, 1.807) is 6.20 Å². The first-order valence-corrected chi connectivity index (χ1v) is 16.7. The van der Waals surface area contributed by atoms with Gasteiger partial charge in [0.25, 0.3) is 0 Å². The lowest BCUT2D eigenvalue weighted by Crippen LogP contribution is -2.09. The van der Waals surface area contributed by atoms with Crippen molar-refractivity contribution in [3.63, 3.8) is 0 Å². The molecule has 0 aliphatic carbocycles. The Hall–Kier alpha value is -7.19. The summed E-state index contributed by atoms with van der Waals surface area (Å²) in [7, 11) is 0. The average molecular weight is 660 g/mol. The molecule has 11 aromatic rings. The Labute approximate surface area is 289 Å². The Bertz CT molecular complexity index is 3060.